The zero-order chi connectivity index (χ0) is 18.2. The van der Waals surface area contributed by atoms with Gasteiger partial charge in [0.15, 0.2) is 6.10 Å². The Morgan fingerprint density at radius 1 is 1.08 bits per heavy atom. The van der Waals surface area contributed by atoms with Crippen molar-refractivity contribution in [2.45, 2.75) is 33.3 Å². The summed E-state index contributed by atoms with van der Waals surface area (Å²) >= 11 is 0. The number of carbonyl (C=O) groups excluding carboxylic acids is 2. The van der Waals surface area contributed by atoms with Crippen molar-refractivity contribution in [2.24, 2.45) is 0 Å². The summed E-state index contributed by atoms with van der Waals surface area (Å²) in [6.07, 6.45) is -0.0927. The van der Waals surface area contributed by atoms with E-state index in [1.54, 1.807) is 31.2 Å². The Morgan fingerprint density at radius 3 is 2.52 bits per heavy atom. The molecule has 0 fully saturated rings. The third-order valence-electron chi connectivity index (χ3n) is 3.67. The molecule has 0 aliphatic rings. The average Bonchev–Trinajstić information content (AvgIpc) is 2.61. The highest BCUT2D eigenvalue weighted by atomic mass is 16.5. The third kappa shape index (κ3) is 5.08. The van der Waals surface area contributed by atoms with Gasteiger partial charge in [-0.2, -0.15) is 0 Å². The number of amides is 1. The van der Waals surface area contributed by atoms with Crippen LogP contribution in [-0.4, -0.2) is 24.6 Å². The van der Waals surface area contributed by atoms with E-state index < -0.39 is 12.1 Å². The number of para-hydroxylation sites is 1. The van der Waals surface area contributed by atoms with Gasteiger partial charge in [0.2, 0.25) is 0 Å². The molecule has 0 aliphatic heterocycles. The zero-order valence-corrected chi connectivity index (χ0v) is 14.7. The fourth-order valence-electron chi connectivity index (χ4n) is 2.33. The summed E-state index contributed by atoms with van der Waals surface area (Å²) in [6.45, 7) is 5.87. The van der Waals surface area contributed by atoms with Gasteiger partial charge >= 0.3 is 5.97 Å². The minimum Gasteiger partial charge on any atom is -0.480 e. The van der Waals surface area contributed by atoms with Crippen molar-refractivity contribution in [3.63, 3.8) is 0 Å². The van der Waals surface area contributed by atoms with E-state index in [4.69, 9.17) is 9.47 Å². The van der Waals surface area contributed by atoms with Crippen LogP contribution in [-0.2, 0) is 9.53 Å². The third-order valence-corrected chi connectivity index (χ3v) is 3.67. The Hall–Kier alpha value is -2.82. The van der Waals surface area contributed by atoms with Crippen LogP contribution in [0.4, 0.5) is 5.69 Å². The number of benzene rings is 2. The lowest BCUT2D eigenvalue weighted by Crippen LogP contribution is -2.32. The standard InChI is InChI=1S/C20H23NO4/c1-4-17(25-18-12-7-6-9-14(18)3)19(22)21-16-11-8-10-15(13-16)20(23)24-5-2/h6-13,17H,4-5H2,1-3H3,(H,21,22)/t17-/m0/s1. The van der Waals surface area contributed by atoms with Gasteiger partial charge in [0.05, 0.1) is 12.2 Å². The largest absolute Gasteiger partial charge is 0.480 e. The molecule has 1 N–H and O–H groups in total. The fraction of sp³-hybridized carbons (Fsp3) is 0.300. The Morgan fingerprint density at radius 2 is 1.84 bits per heavy atom. The highest BCUT2D eigenvalue weighted by molar-refractivity contribution is 5.96. The van der Waals surface area contributed by atoms with Crippen LogP contribution in [0.5, 0.6) is 5.75 Å². The molecule has 0 saturated carbocycles. The van der Waals surface area contributed by atoms with Crippen molar-refractivity contribution in [3.05, 3.63) is 59.7 Å². The number of esters is 1. The second-order valence-corrected chi connectivity index (χ2v) is 5.57. The van der Waals surface area contributed by atoms with Gasteiger partial charge in [0, 0.05) is 5.69 Å². The first-order chi connectivity index (χ1) is 12.0. The van der Waals surface area contributed by atoms with Gasteiger partial charge in [-0.1, -0.05) is 31.2 Å². The molecule has 5 nitrogen and oxygen atoms in total. The van der Waals surface area contributed by atoms with E-state index in [-0.39, 0.29) is 5.91 Å². The minimum atomic E-state index is -0.618. The Labute approximate surface area is 148 Å². The van der Waals surface area contributed by atoms with Crippen molar-refractivity contribution in [2.75, 3.05) is 11.9 Å². The summed E-state index contributed by atoms with van der Waals surface area (Å²) in [5.74, 6) is 0.0123. The SMILES string of the molecule is CCOC(=O)c1cccc(NC(=O)[C@H](CC)Oc2ccccc2C)c1. The van der Waals surface area contributed by atoms with Gasteiger partial charge in [-0.05, 0) is 50.1 Å². The molecule has 0 bridgehead atoms. The van der Waals surface area contributed by atoms with Gasteiger partial charge in [0.25, 0.3) is 5.91 Å². The van der Waals surface area contributed by atoms with E-state index in [0.717, 1.165) is 5.56 Å². The smallest absolute Gasteiger partial charge is 0.338 e. The van der Waals surface area contributed by atoms with Crippen LogP contribution in [0.15, 0.2) is 48.5 Å². The normalized spacial score (nSPS) is 11.5. The van der Waals surface area contributed by atoms with Gasteiger partial charge < -0.3 is 14.8 Å². The number of rotatable bonds is 7. The van der Waals surface area contributed by atoms with Crippen molar-refractivity contribution in [1.29, 1.82) is 0 Å². The number of nitrogens with one attached hydrogen (secondary N) is 1. The van der Waals surface area contributed by atoms with Crippen LogP contribution in [0, 0.1) is 6.92 Å². The monoisotopic (exact) mass is 341 g/mol. The lowest BCUT2D eigenvalue weighted by atomic mass is 10.2. The second-order valence-electron chi connectivity index (χ2n) is 5.57. The van der Waals surface area contributed by atoms with Crippen molar-refractivity contribution in [3.8, 4) is 5.75 Å². The quantitative estimate of drug-likeness (QED) is 0.774. The first-order valence-corrected chi connectivity index (χ1v) is 8.35. The second kappa shape index (κ2) is 8.87. The molecule has 0 spiro atoms. The molecule has 0 aliphatic carbocycles. The first-order valence-electron chi connectivity index (χ1n) is 8.35. The van der Waals surface area contributed by atoms with Crippen LogP contribution >= 0.6 is 0 Å². The summed E-state index contributed by atoms with van der Waals surface area (Å²) in [5, 5.41) is 2.80. The van der Waals surface area contributed by atoms with Crippen molar-refractivity contribution in [1.82, 2.24) is 0 Å². The highest BCUT2D eigenvalue weighted by Crippen LogP contribution is 2.20. The summed E-state index contributed by atoms with van der Waals surface area (Å²) < 4.78 is 10.8. The number of hydrogen-bond acceptors (Lipinski definition) is 4. The minimum absolute atomic E-state index is 0.258. The van der Waals surface area contributed by atoms with Crippen molar-refractivity contribution >= 4 is 17.6 Å². The topological polar surface area (TPSA) is 64.6 Å². The predicted molar refractivity (Wildman–Crippen MR) is 96.9 cm³/mol. The average molecular weight is 341 g/mol. The zero-order valence-electron chi connectivity index (χ0n) is 14.7. The van der Waals surface area contributed by atoms with Crippen molar-refractivity contribution < 1.29 is 19.1 Å². The van der Waals surface area contributed by atoms with Crippen LogP contribution in [0.3, 0.4) is 0 Å². The summed E-state index contributed by atoms with van der Waals surface area (Å²) in [5.41, 5.74) is 1.90. The Kier molecular flexibility index (Phi) is 6.57. The van der Waals surface area contributed by atoms with E-state index in [1.807, 2.05) is 38.1 Å². The lowest BCUT2D eigenvalue weighted by molar-refractivity contribution is -0.122. The molecule has 1 amide bonds. The number of hydrogen-bond donors (Lipinski definition) is 1. The lowest BCUT2D eigenvalue weighted by Gasteiger charge is -2.18. The van der Waals surface area contributed by atoms with Crippen LogP contribution in [0.1, 0.15) is 36.2 Å². The molecular weight excluding hydrogens is 318 g/mol. The molecule has 2 rings (SSSR count). The molecule has 2 aromatic carbocycles. The predicted octanol–water partition coefficient (Wildman–Crippen LogP) is 3.97. The maximum Gasteiger partial charge on any atom is 0.338 e. The molecule has 1 atom stereocenters. The molecule has 2 aromatic rings. The molecule has 132 valence electrons. The van der Waals surface area contributed by atoms with E-state index in [1.165, 1.54) is 0 Å². The number of ether oxygens (including phenoxy) is 2. The maximum atomic E-state index is 12.5. The van der Waals surface area contributed by atoms with Crippen LogP contribution in [0.2, 0.25) is 0 Å². The molecular formula is C20H23NO4. The molecule has 0 unspecified atom stereocenters. The van der Waals surface area contributed by atoms with E-state index in [9.17, 15) is 9.59 Å². The van der Waals surface area contributed by atoms with E-state index in [2.05, 4.69) is 5.32 Å². The summed E-state index contributed by atoms with van der Waals surface area (Å²) in [6, 6.07) is 14.2. The Bertz CT molecular complexity index is 742. The molecule has 5 heteroatoms. The highest BCUT2D eigenvalue weighted by Gasteiger charge is 2.19. The number of carbonyl (C=O) groups is 2. The summed E-state index contributed by atoms with van der Waals surface area (Å²) in [7, 11) is 0. The van der Waals surface area contributed by atoms with E-state index >= 15 is 0 Å². The van der Waals surface area contributed by atoms with Crippen LogP contribution < -0.4 is 10.1 Å². The molecule has 0 saturated heterocycles. The number of aryl methyl sites for hydroxylation is 1. The fourth-order valence-corrected chi connectivity index (χ4v) is 2.33. The van der Waals surface area contributed by atoms with E-state index in [0.29, 0.717) is 30.0 Å². The molecule has 25 heavy (non-hydrogen) atoms. The molecule has 0 aromatic heterocycles. The Balaban J connectivity index is 2.08. The first kappa shape index (κ1) is 18.5. The van der Waals surface area contributed by atoms with Crippen LogP contribution in [0.25, 0.3) is 0 Å². The van der Waals surface area contributed by atoms with Gasteiger partial charge in [-0.25, -0.2) is 4.79 Å². The number of anilines is 1. The molecule has 0 heterocycles. The van der Waals surface area contributed by atoms with Gasteiger partial charge in [-0.3, -0.25) is 4.79 Å². The summed E-state index contributed by atoms with van der Waals surface area (Å²) in [4.78, 5) is 24.3. The van der Waals surface area contributed by atoms with Gasteiger partial charge in [-0.15, -0.1) is 0 Å². The maximum absolute atomic E-state index is 12.5. The molecule has 0 radical (unpaired) electrons. The van der Waals surface area contributed by atoms with Gasteiger partial charge in [0.1, 0.15) is 5.75 Å².